The Kier molecular flexibility index (Phi) is 5.35. The fraction of sp³-hybridized carbons (Fsp3) is 0.400. The molecule has 2 aromatic heterocycles. The summed E-state index contributed by atoms with van der Waals surface area (Å²) in [5.74, 6) is 0. The van der Waals surface area contributed by atoms with Crippen molar-refractivity contribution in [3.05, 3.63) is 47.8 Å². The maximum atomic E-state index is 11.3. The van der Waals surface area contributed by atoms with Gasteiger partial charge >= 0.3 is 0 Å². The lowest BCUT2D eigenvalue weighted by Crippen LogP contribution is -2.23. The molecule has 27 heavy (non-hydrogen) atoms. The normalized spacial score (nSPS) is 12.6. The van der Waals surface area contributed by atoms with E-state index in [1.54, 1.807) is 12.4 Å². The standard InChI is InChI=1S/C20H26N4O2S/c1-20(2,3)15-9-7-14(8-10-15)17-16(6-5-11-23-27(4,25)26)18-19(24-17)22-13-12-21-18/h7-10,12-13,23H,5-6,11H2,1-4H3,(H,22,24). The van der Waals surface area contributed by atoms with E-state index >= 15 is 0 Å². The topological polar surface area (TPSA) is 87.7 Å². The highest BCUT2D eigenvalue weighted by Gasteiger charge is 2.17. The Bertz CT molecular complexity index is 1030. The molecule has 1 aromatic carbocycles. The lowest BCUT2D eigenvalue weighted by molar-refractivity contribution is 0.585. The predicted octanol–water partition coefficient (Wildman–Crippen LogP) is 3.40. The zero-order valence-corrected chi connectivity index (χ0v) is 17.0. The van der Waals surface area contributed by atoms with Gasteiger partial charge in [-0.1, -0.05) is 45.0 Å². The Morgan fingerprint density at radius 1 is 1.07 bits per heavy atom. The minimum absolute atomic E-state index is 0.0994. The van der Waals surface area contributed by atoms with Crippen LogP contribution in [0.5, 0.6) is 0 Å². The molecule has 0 radical (unpaired) electrons. The first-order valence-electron chi connectivity index (χ1n) is 9.02. The molecule has 0 fully saturated rings. The zero-order valence-electron chi connectivity index (χ0n) is 16.2. The van der Waals surface area contributed by atoms with E-state index in [0.717, 1.165) is 28.0 Å². The third kappa shape index (κ3) is 4.73. The average molecular weight is 387 g/mol. The van der Waals surface area contributed by atoms with Crippen molar-refractivity contribution in [3.63, 3.8) is 0 Å². The molecule has 0 aliphatic carbocycles. The van der Waals surface area contributed by atoms with E-state index in [1.807, 2.05) is 0 Å². The minimum atomic E-state index is -3.17. The Balaban J connectivity index is 1.92. The van der Waals surface area contributed by atoms with Gasteiger partial charge in [0.1, 0.15) is 5.52 Å². The SMILES string of the molecule is CC(C)(C)c1ccc(-c2[nH]c3nccnc3c2CCCNS(C)(=O)=O)cc1. The number of fused-ring (bicyclic) bond motifs is 1. The van der Waals surface area contributed by atoms with Crippen LogP contribution in [-0.4, -0.2) is 36.2 Å². The van der Waals surface area contributed by atoms with Crippen LogP contribution < -0.4 is 4.72 Å². The number of aromatic nitrogens is 3. The van der Waals surface area contributed by atoms with Crippen LogP contribution in [0.2, 0.25) is 0 Å². The fourth-order valence-corrected chi connectivity index (χ4v) is 3.63. The Labute approximate surface area is 160 Å². The molecule has 0 amide bonds. The van der Waals surface area contributed by atoms with E-state index in [4.69, 9.17) is 0 Å². The minimum Gasteiger partial charge on any atom is -0.338 e. The maximum absolute atomic E-state index is 11.3. The number of hydrogen-bond donors (Lipinski definition) is 2. The van der Waals surface area contributed by atoms with Gasteiger partial charge in [-0.05, 0) is 29.4 Å². The number of rotatable bonds is 6. The summed E-state index contributed by atoms with van der Waals surface area (Å²) in [6.45, 7) is 6.98. The third-order valence-electron chi connectivity index (χ3n) is 4.54. The highest BCUT2D eigenvalue weighted by molar-refractivity contribution is 7.88. The smallest absolute Gasteiger partial charge is 0.208 e. The van der Waals surface area contributed by atoms with Crippen LogP contribution in [0.4, 0.5) is 0 Å². The molecule has 0 aliphatic rings. The molecular weight excluding hydrogens is 360 g/mol. The molecule has 0 saturated carbocycles. The van der Waals surface area contributed by atoms with Gasteiger partial charge in [0.25, 0.3) is 0 Å². The molecule has 144 valence electrons. The number of aromatic amines is 1. The van der Waals surface area contributed by atoms with Crippen LogP contribution in [0.15, 0.2) is 36.7 Å². The van der Waals surface area contributed by atoms with E-state index in [2.05, 4.69) is 64.7 Å². The molecule has 0 unspecified atom stereocenters. The van der Waals surface area contributed by atoms with E-state index in [9.17, 15) is 8.42 Å². The molecule has 0 atom stereocenters. The van der Waals surface area contributed by atoms with Crippen LogP contribution >= 0.6 is 0 Å². The maximum Gasteiger partial charge on any atom is 0.208 e. The Morgan fingerprint density at radius 2 is 1.74 bits per heavy atom. The first-order chi connectivity index (χ1) is 12.6. The summed E-state index contributed by atoms with van der Waals surface area (Å²) in [7, 11) is -3.17. The molecule has 3 rings (SSSR count). The van der Waals surface area contributed by atoms with Crippen molar-refractivity contribution in [2.75, 3.05) is 12.8 Å². The second-order valence-corrected chi connectivity index (χ2v) is 9.66. The number of nitrogens with zero attached hydrogens (tertiary/aromatic N) is 2. The summed E-state index contributed by atoms with van der Waals surface area (Å²) in [5, 5.41) is 0. The van der Waals surface area contributed by atoms with E-state index in [0.29, 0.717) is 19.4 Å². The first kappa shape index (κ1) is 19.5. The van der Waals surface area contributed by atoms with Crippen LogP contribution in [0, 0.1) is 0 Å². The van der Waals surface area contributed by atoms with Gasteiger partial charge in [-0.25, -0.2) is 18.1 Å². The lowest BCUT2D eigenvalue weighted by Gasteiger charge is -2.19. The van der Waals surface area contributed by atoms with Gasteiger partial charge in [0.05, 0.1) is 11.9 Å². The number of nitrogens with one attached hydrogen (secondary N) is 2. The predicted molar refractivity (Wildman–Crippen MR) is 109 cm³/mol. The van der Waals surface area contributed by atoms with Crippen molar-refractivity contribution in [3.8, 4) is 11.3 Å². The second kappa shape index (κ2) is 7.40. The van der Waals surface area contributed by atoms with Gasteiger partial charge < -0.3 is 4.98 Å². The number of benzene rings is 1. The van der Waals surface area contributed by atoms with Crippen molar-refractivity contribution in [2.24, 2.45) is 0 Å². The summed E-state index contributed by atoms with van der Waals surface area (Å²) in [4.78, 5) is 12.2. The molecule has 7 heteroatoms. The molecule has 3 aromatic rings. The molecule has 0 saturated heterocycles. The fourth-order valence-electron chi connectivity index (χ4n) is 3.11. The van der Waals surface area contributed by atoms with Crippen molar-refractivity contribution < 1.29 is 8.42 Å². The van der Waals surface area contributed by atoms with Crippen LogP contribution in [0.25, 0.3) is 22.4 Å². The summed E-state index contributed by atoms with van der Waals surface area (Å²) >= 11 is 0. The molecule has 0 spiro atoms. The summed E-state index contributed by atoms with van der Waals surface area (Å²) < 4.78 is 25.1. The highest BCUT2D eigenvalue weighted by atomic mass is 32.2. The molecular formula is C20H26N4O2S. The largest absolute Gasteiger partial charge is 0.338 e. The number of hydrogen-bond acceptors (Lipinski definition) is 4. The summed E-state index contributed by atoms with van der Waals surface area (Å²) in [6, 6.07) is 8.53. The molecule has 6 nitrogen and oxygen atoms in total. The monoisotopic (exact) mass is 386 g/mol. The van der Waals surface area contributed by atoms with Crippen LogP contribution in [0.3, 0.4) is 0 Å². The van der Waals surface area contributed by atoms with E-state index < -0.39 is 10.0 Å². The summed E-state index contributed by atoms with van der Waals surface area (Å²) in [6.07, 6.45) is 5.91. The van der Waals surface area contributed by atoms with Crippen LogP contribution in [-0.2, 0) is 21.9 Å². The van der Waals surface area contributed by atoms with Crippen molar-refractivity contribution in [2.45, 2.75) is 39.0 Å². The molecule has 0 bridgehead atoms. The van der Waals surface area contributed by atoms with Crippen molar-refractivity contribution >= 4 is 21.2 Å². The number of aryl methyl sites for hydroxylation is 1. The number of H-pyrrole nitrogens is 1. The van der Waals surface area contributed by atoms with E-state index in [1.165, 1.54) is 11.8 Å². The van der Waals surface area contributed by atoms with Gasteiger partial charge in [0.15, 0.2) is 5.65 Å². The molecule has 0 aliphatic heterocycles. The number of sulfonamides is 1. The first-order valence-corrected chi connectivity index (χ1v) is 10.9. The second-order valence-electron chi connectivity index (χ2n) is 7.83. The van der Waals surface area contributed by atoms with Gasteiger partial charge in [0, 0.05) is 24.5 Å². The highest BCUT2D eigenvalue weighted by Crippen LogP contribution is 2.31. The van der Waals surface area contributed by atoms with Gasteiger partial charge in [-0.15, -0.1) is 0 Å². The van der Waals surface area contributed by atoms with Crippen LogP contribution in [0.1, 0.15) is 38.3 Å². The van der Waals surface area contributed by atoms with Crippen molar-refractivity contribution in [1.29, 1.82) is 0 Å². The summed E-state index contributed by atoms with van der Waals surface area (Å²) in [5.41, 5.74) is 6.10. The average Bonchev–Trinajstić information content (AvgIpc) is 2.96. The molecule has 2 heterocycles. The molecule has 2 N–H and O–H groups in total. The van der Waals surface area contributed by atoms with E-state index in [-0.39, 0.29) is 5.41 Å². The van der Waals surface area contributed by atoms with Gasteiger partial charge in [-0.2, -0.15) is 0 Å². The quantitative estimate of drug-likeness (QED) is 0.636. The van der Waals surface area contributed by atoms with Gasteiger partial charge in [0.2, 0.25) is 10.0 Å². The van der Waals surface area contributed by atoms with Gasteiger partial charge in [-0.3, -0.25) is 4.98 Å². The lowest BCUT2D eigenvalue weighted by atomic mass is 9.86. The zero-order chi connectivity index (χ0) is 19.7. The Hall–Kier alpha value is -2.25. The third-order valence-corrected chi connectivity index (χ3v) is 5.27. The van der Waals surface area contributed by atoms with Crippen molar-refractivity contribution in [1.82, 2.24) is 19.7 Å². The Morgan fingerprint density at radius 3 is 2.37 bits per heavy atom.